The van der Waals surface area contributed by atoms with Crippen molar-refractivity contribution in [1.29, 1.82) is 0 Å². The highest BCUT2D eigenvalue weighted by Crippen LogP contribution is 2.25. The molecule has 0 aromatic heterocycles. The van der Waals surface area contributed by atoms with Crippen LogP contribution < -0.4 is 5.32 Å². The maximum Gasteiger partial charge on any atom is 0.252 e. The van der Waals surface area contributed by atoms with Crippen LogP contribution in [0.2, 0.25) is 0 Å². The Morgan fingerprint density at radius 3 is 2.47 bits per heavy atom. The van der Waals surface area contributed by atoms with E-state index in [4.69, 9.17) is 0 Å². The van der Waals surface area contributed by atoms with Gasteiger partial charge in [-0.1, -0.05) is 48.5 Å². The van der Waals surface area contributed by atoms with Gasteiger partial charge in [-0.2, -0.15) is 0 Å². The molecule has 1 atom stereocenters. The van der Waals surface area contributed by atoms with Gasteiger partial charge in [0.05, 0.1) is 6.04 Å². The molecule has 2 heteroatoms. The number of hydrogen-bond donors (Lipinski definition) is 1. The van der Waals surface area contributed by atoms with Gasteiger partial charge in [0.1, 0.15) is 0 Å². The van der Waals surface area contributed by atoms with Crippen LogP contribution in [-0.2, 0) is 6.42 Å². The standard InChI is InChI=1S/C15H13NO/c17-15-13-9-5-4-8-12(13)10-14(16-15)11-6-2-1-3-7-11/h1-9,14H,10H2,(H,16,17). The average Bonchev–Trinajstić information content (AvgIpc) is 2.40. The third kappa shape index (κ3) is 1.82. The monoisotopic (exact) mass is 223 g/mol. The fraction of sp³-hybridized carbons (Fsp3) is 0.133. The predicted molar refractivity (Wildman–Crippen MR) is 66.8 cm³/mol. The van der Waals surface area contributed by atoms with Crippen LogP contribution in [0, 0.1) is 0 Å². The van der Waals surface area contributed by atoms with Crippen molar-refractivity contribution < 1.29 is 4.79 Å². The van der Waals surface area contributed by atoms with Gasteiger partial charge in [0.15, 0.2) is 0 Å². The minimum atomic E-state index is 0.0284. The van der Waals surface area contributed by atoms with E-state index in [1.165, 1.54) is 0 Å². The van der Waals surface area contributed by atoms with E-state index in [-0.39, 0.29) is 11.9 Å². The summed E-state index contributed by atoms with van der Waals surface area (Å²) in [6.45, 7) is 0. The first-order valence-electron chi connectivity index (χ1n) is 5.78. The Balaban J connectivity index is 1.97. The molecule has 1 aliphatic rings. The molecule has 1 aliphatic heterocycles. The molecule has 1 amide bonds. The summed E-state index contributed by atoms with van der Waals surface area (Å²) >= 11 is 0. The van der Waals surface area contributed by atoms with Crippen LogP contribution in [0.15, 0.2) is 54.6 Å². The summed E-state index contributed by atoms with van der Waals surface area (Å²) in [4.78, 5) is 12.0. The number of carbonyl (C=O) groups excluding carboxylic acids is 1. The lowest BCUT2D eigenvalue weighted by Crippen LogP contribution is -2.35. The fourth-order valence-corrected chi connectivity index (χ4v) is 2.31. The van der Waals surface area contributed by atoms with Crippen molar-refractivity contribution in [3.05, 3.63) is 71.3 Å². The van der Waals surface area contributed by atoms with Crippen LogP contribution in [-0.4, -0.2) is 5.91 Å². The van der Waals surface area contributed by atoms with Crippen LogP contribution >= 0.6 is 0 Å². The summed E-state index contributed by atoms with van der Waals surface area (Å²) in [7, 11) is 0. The maximum absolute atomic E-state index is 12.0. The summed E-state index contributed by atoms with van der Waals surface area (Å²) in [5.41, 5.74) is 3.10. The molecule has 0 saturated carbocycles. The second-order valence-electron chi connectivity index (χ2n) is 4.30. The molecule has 3 rings (SSSR count). The van der Waals surface area contributed by atoms with Gasteiger partial charge in [0.2, 0.25) is 0 Å². The Labute approximate surface area is 100 Å². The average molecular weight is 223 g/mol. The zero-order valence-corrected chi connectivity index (χ0v) is 9.39. The van der Waals surface area contributed by atoms with E-state index in [2.05, 4.69) is 17.4 Å². The second kappa shape index (κ2) is 4.06. The Morgan fingerprint density at radius 1 is 0.941 bits per heavy atom. The Kier molecular flexibility index (Phi) is 2.41. The smallest absolute Gasteiger partial charge is 0.252 e. The summed E-state index contributed by atoms with van der Waals surface area (Å²) in [5, 5.41) is 3.05. The number of amides is 1. The molecule has 1 heterocycles. The summed E-state index contributed by atoms with van der Waals surface area (Å²) in [5.74, 6) is 0.0284. The van der Waals surface area contributed by atoms with Crippen LogP contribution in [0.3, 0.4) is 0 Å². The Hall–Kier alpha value is -2.09. The largest absolute Gasteiger partial charge is 0.345 e. The van der Waals surface area contributed by atoms with E-state index < -0.39 is 0 Å². The molecule has 84 valence electrons. The summed E-state index contributed by atoms with van der Waals surface area (Å²) in [6.07, 6.45) is 0.867. The molecular formula is C15H13NO. The van der Waals surface area contributed by atoms with Crippen LogP contribution in [0.1, 0.15) is 27.5 Å². The van der Waals surface area contributed by atoms with Gasteiger partial charge >= 0.3 is 0 Å². The number of hydrogen-bond acceptors (Lipinski definition) is 1. The van der Waals surface area contributed by atoms with Crippen molar-refractivity contribution in [3.63, 3.8) is 0 Å². The molecule has 0 saturated heterocycles. The van der Waals surface area contributed by atoms with E-state index in [0.717, 1.165) is 23.1 Å². The molecular weight excluding hydrogens is 210 g/mol. The van der Waals surface area contributed by atoms with Gasteiger partial charge in [-0.3, -0.25) is 4.79 Å². The highest BCUT2D eigenvalue weighted by Gasteiger charge is 2.24. The van der Waals surface area contributed by atoms with Crippen LogP contribution in [0.5, 0.6) is 0 Å². The van der Waals surface area contributed by atoms with Crippen LogP contribution in [0.4, 0.5) is 0 Å². The lowest BCUT2D eigenvalue weighted by molar-refractivity contribution is 0.0925. The van der Waals surface area contributed by atoms with E-state index in [1.54, 1.807) is 0 Å². The zero-order valence-electron chi connectivity index (χ0n) is 9.39. The number of carbonyl (C=O) groups is 1. The highest BCUT2D eigenvalue weighted by molar-refractivity contribution is 5.97. The predicted octanol–water partition coefficient (Wildman–Crippen LogP) is 2.71. The van der Waals surface area contributed by atoms with Gasteiger partial charge in [0, 0.05) is 5.56 Å². The first-order chi connectivity index (χ1) is 8.34. The minimum Gasteiger partial charge on any atom is -0.345 e. The molecule has 0 aliphatic carbocycles. The molecule has 2 aromatic rings. The zero-order chi connectivity index (χ0) is 11.7. The minimum absolute atomic E-state index is 0.0284. The van der Waals surface area contributed by atoms with E-state index in [9.17, 15) is 4.79 Å². The number of benzene rings is 2. The summed E-state index contributed by atoms with van der Waals surface area (Å²) in [6, 6.07) is 18.0. The number of nitrogens with one attached hydrogen (secondary N) is 1. The van der Waals surface area contributed by atoms with Crippen molar-refractivity contribution >= 4 is 5.91 Å². The van der Waals surface area contributed by atoms with Crippen molar-refractivity contribution in [2.45, 2.75) is 12.5 Å². The van der Waals surface area contributed by atoms with Crippen LogP contribution in [0.25, 0.3) is 0 Å². The second-order valence-corrected chi connectivity index (χ2v) is 4.30. The fourth-order valence-electron chi connectivity index (χ4n) is 2.31. The summed E-state index contributed by atoms with van der Waals surface area (Å²) < 4.78 is 0. The molecule has 0 radical (unpaired) electrons. The van der Waals surface area contributed by atoms with E-state index in [0.29, 0.717) is 0 Å². The normalized spacial score (nSPS) is 18.4. The molecule has 1 N–H and O–H groups in total. The van der Waals surface area contributed by atoms with Gasteiger partial charge in [-0.15, -0.1) is 0 Å². The van der Waals surface area contributed by atoms with Crippen molar-refractivity contribution in [3.8, 4) is 0 Å². The Bertz CT molecular complexity index is 548. The quantitative estimate of drug-likeness (QED) is 0.791. The lowest BCUT2D eigenvalue weighted by atomic mass is 9.91. The van der Waals surface area contributed by atoms with Crippen molar-refractivity contribution in [2.75, 3.05) is 0 Å². The van der Waals surface area contributed by atoms with E-state index in [1.807, 2.05) is 42.5 Å². The van der Waals surface area contributed by atoms with E-state index >= 15 is 0 Å². The molecule has 0 bridgehead atoms. The van der Waals surface area contributed by atoms with Gasteiger partial charge in [-0.05, 0) is 23.6 Å². The molecule has 17 heavy (non-hydrogen) atoms. The number of fused-ring (bicyclic) bond motifs is 1. The molecule has 0 fully saturated rings. The Morgan fingerprint density at radius 2 is 1.65 bits per heavy atom. The SMILES string of the molecule is O=C1NC(c2ccccc2)Cc2ccccc21. The third-order valence-electron chi connectivity index (χ3n) is 3.19. The van der Waals surface area contributed by atoms with Gasteiger partial charge in [-0.25, -0.2) is 0 Å². The van der Waals surface area contributed by atoms with Crippen molar-refractivity contribution in [1.82, 2.24) is 5.32 Å². The maximum atomic E-state index is 12.0. The highest BCUT2D eigenvalue weighted by atomic mass is 16.1. The first kappa shape index (κ1) is 10.1. The molecule has 2 nitrogen and oxygen atoms in total. The molecule has 0 spiro atoms. The molecule has 2 aromatic carbocycles. The first-order valence-corrected chi connectivity index (χ1v) is 5.78. The third-order valence-corrected chi connectivity index (χ3v) is 3.19. The number of rotatable bonds is 1. The lowest BCUT2D eigenvalue weighted by Gasteiger charge is -2.25. The van der Waals surface area contributed by atoms with Gasteiger partial charge < -0.3 is 5.32 Å². The molecule has 1 unspecified atom stereocenters. The van der Waals surface area contributed by atoms with Gasteiger partial charge in [0.25, 0.3) is 5.91 Å². The topological polar surface area (TPSA) is 29.1 Å². The van der Waals surface area contributed by atoms with Crippen molar-refractivity contribution in [2.24, 2.45) is 0 Å².